The van der Waals surface area contributed by atoms with Crippen LogP contribution in [-0.4, -0.2) is 0 Å². The van der Waals surface area contributed by atoms with Crippen LogP contribution in [0.25, 0.3) is 0 Å². The molecule has 0 spiro atoms. The molecule has 0 aromatic heterocycles. The van der Waals surface area contributed by atoms with E-state index in [2.05, 4.69) is 26.2 Å². The zero-order valence-corrected chi connectivity index (χ0v) is 6.15. The molecule has 1 saturated carbocycles. The lowest BCUT2D eigenvalue weighted by molar-refractivity contribution is 0.558. The molecule has 0 saturated heterocycles. The van der Waals surface area contributed by atoms with Gasteiger partial charge in [0.15, 0.2) is 0 Å². The highest BCUT2D eigenvalue weighted by Gasteiger charge is 2.28. The van der Waals surface area contributed by atoms with Crippen LogP contribution in [0.3, 0.4) is 0 Å². The van der Waals surface area contributed by atoms with E-state index in [0.717, 1.165) is 5.92 Å². The molecule has 0 amide bonds. The van der Waals surface area contributed by atoms with Gasteiger partial charge in [0.2, 0.25) is 0 Å². The molecule has 1 rings (SSSR count). The van der Waals surface area contributed by atoms with E-state index in [1.165, 1.54) is 12.8 Å². The van der Waals surface area contributed by atoms with E-state index >= 15 is 0 Å². The molecule has 0 aromatic rings. The van der Waals surface area contributed by atoms with E-state index in [-0.39, 0.29) is 5.41 Å². The Morgan fingerprint density at radius 2 is 2.11 bits per heavy atom. The van der Waals surface area contributed by atoms with Gasteiger partial charge < -0.3 is 0 Å². The van der Waals surface area contributed by atoms with E-state index in [4.69, 9.17) is 6.42 Å². The first-order chi connectivity index (χ1) is 4.14. The average molecular weight is 121 g/mol. The molecular formula is C9H13. The van der Waals surface area contributed by atoms with Crippen molar-refractivity contribution in [3.8, 4) is 12.3 Å². The summed E-state index contributed by atoms with van der Waals surface area (Å²) in [6.07, 6.45) is 10.3. The highest BCUT2D eigenvalue weighted by atomic mass is 14.3. The minimum atomic E-state index is 0.0289. The van der Waals surface area contributed by atoms with Gasteiger partial charge in [0.1, 0.15) is 0 Å². The first-order valence-corrected chi connectivity index (χ1v) is 3.48. The smallest absolute Gasteiger partial charge is 0.0289 e. The Balaban J connectivity index is 2.32. The molecule has 0 heterocycles. The zero-order valence-electron chi connectivity index (χ0n) is 6.15. The van der Waals surface area contributed by atoms with E-state index in [1.807, 2.05) is 0 Å². The lowest BCUT2D eigenvalue weighted by Gasteiger charge is -2.15. The second-order valence-electron chi connectivity index (χ2n) is 3.37. The van der Waals surface area contributed by atoms with Crippen LogP contribution in [0.15, 0.2) is 0 Å². The molecule has 1 aliphatic rings. The fourth-order valence-corrected chi connectivity index (χ4v) is 0.900. The monoisotopic (exact) mass is 121 g/mol. The maximum Gasteiger partial charge on any atom is 0.0289 e. The summed E-state index contributed by atoms with van der Waals surface area (Å²) in [5, 5.41) is 0. The Hall–Kier alpha value is -0.440. The molecular weight excluding hydrogens is 108 g/mol. The Bertz CT molecular complexity index is 133. The van der Waals surface area contributed by atoms with Crippen LogP contribution in [0.5, 0.6) is 0 Å². The number of hydrogen-bond donors (Lipinski definition) is 0. The third kappa shape index (κ3) is 2.10. The van der Waals surface area contributed by atoms with Gasteiger partial charge in [-0.25, -0.2) is 0 Å². The third-order valence-corrected chi connectivity index (χ3v) is 1.65. The lowest BCUT2D eigenvalue weighted by atomic mass is 9.88. The first-order valence-electron chi connectivity index (χ1n) is 3.48. The predicted octanol–water partition coefficient (Wildman–Crippen LogP) is 2.26. The second-order valence-corrected chi connectivity index (χ2v) is 3.37. The Morgan fingerprint density at radius 3 is 2.44 bits per heavy atom. The molecule has 0 nitrogen and oxygen atoms in total. The topological polar surface area (TPSA) is 0 Å². The minimum absolute atomic E-state index is 0.0289. The van der Waals surface area contributed by atoms with Gasteiger partial charge in [0, 0.05) is 5.41 Å². The molecule has 0 heteroatoms. The Kier molecular flexibility index (Phi) is 1.53. The van der Waals surface area contributed by atoms with Crippen molar-refractivity contribution in [3.05, 3.63) is 6.42 Å². The van der Waals surface area contributed by atoms with E-state index in [0.29, 0.717) is 0 Å². The molecule has 0 unspecified atom stereocenters. The maximum atomic E-state index is 5.30. The van der Waals surface area contributed by atoms with Gasteiger partial charge in [-0.1, -0.05) is 0 Å². The largest absolute Gasteiger partial charge is 0.120 e. The van der Waals surface area contributed by atoms with Crippen molar-refractivity contribution in [1.82, 2.24) is 0 Å². The fraction of sp³-hybridized carbons (Fsp3) is 0.667. The molecule has 0 N–H and O–H groups in total. The highest BCUT2D eigenvalue weighted by Crippen LogP contribution is 2.38. The van der Waals surface area contributed by atoms with Crippen LogP contribution in [0, 0.1) is 30.1 Å². The van der Waals surface area contributed by atoms with Gasteiger partial charge in [-0.15, -0.1) is 12.3 Å². The molecule has 1 fully saturated rings. The average Bonchev–Trinajstić information content (AvgIpc) is 2.50. The summed E-state index contributed by atoms with van der Waals surface area (Å²) in [6.45, 7) is 4.18. The van der Waals surface area contributed by atoms with Gasteiger partial charge >= 0.3 is 0 Å². The molecule has 49 valence electrons. The Labute approximate surface area is 57.7 Å². The van der Waals surface area contributed by atoms with Crippen LogP contribution in [-0.2, 0) is 0 Å². The number of terminal acetylenes is 1. The highest BCUT2D eigenvalue weighted by molar-refractivity contribution is 5.11. The standard InChI is InChI=1S/C9H13/c1-4-9(2,3)7-8-5-6-8/h1,7-8H,5-6H2,2-3H3. The molecule has 0 aromatic carbocycles. The quantitative estimate of drug-likeness (QED) is 0.491. The van der Waals surface area contributed by atoms with Crippen molar-refractivity contribution in [1.29, 1.82) is 0 Å². The fourth-order valence-electron chi connectivity index (χ4n) is 0.900. The summed E-state index contributed by atoms with van der Waals surface area (Å²) in [4.78, 5) is 0. The van der Waals surface area contributed by atoms with Gasteiger partial charge in [-0.2, -0.15) is 0 Å². The lowest BCUT2D eigenvalue weighted by Crippen LogP contribution is -2.09. The van der Waals surface area contributed by atoms with Crippen LogP contribution < -0.4 is 0 Å². The summed E-state index contributed by atoms with van der Waals surface area (Å²) in [6, 6.07) is 0. The summed E-state index contributed by atoms with van der Waals surface area (Å²) >= 11 is 0. The third-order valence-electron chi connectivity index (χ3n) is 1.65. The van der Waals surface area contributed by atoms with Gasteiger partial charge in [0.05, 0.1) is 0 Å². The van der Waals surface area contributed by atoms with E-state index < -0.39 is 0 Å². The minimum Gasteiger partial charge on any atom is -0.120 e. The van der Waals surface area contributed by atoms with Gasteiger partial charge in [-0.3, -0.25) is 0 Å². The predicted molar refractivity (Wildman–Crippen MR) is 39.6 cm³/mol. The van der Waals surface area contributed by atoms with Crippen LogP contribution in [0.1, 0.15) is 26.7 Å². The molecule has 0 aliphatic heterocycles. The van der Waals surface area contributed by atoms with E-state index in [9.17, 15) is 0 Å². The summed E-state index contributed by atoms with van der Waals surface area (Å²) in [7, 11) is 0. The van der Waals surface area contributed by atoms with Crippen molar-refractivity contribution in [2.45, 2.75) is 26.7 Å². The number of rotatable bonds is 2. The van der Waals surface area contributed by atoms with Gasteiger partial charge in [-0.05, 0) is 39.0 Å². The van der Waals surface area contributed by atoms with Crippen molar-refractivity contribution in [3.63, 3.8) is 0 Å². The van der Waals surface area contributed by atoms with Crippen molar-refractivity contribution in [2.24, 2.45) is 11.3 Å². The maximum absolute atomic E-state index is 5.30. The SMILES string of the molecule is C#CC(C)(C)[CH]C1CC1. The van der Waals surface area contributed by atoms with Gasteiger partial charge in [0.25, 0.3) is 0 Å². The summed E-state index contributed by atoms with van der Waals surface area (Å²) < 4.78 is 0. The first kappa shape index (κ1) is 6.68. The van der Waals surface area contributed by atoms with Crippen molar-refractivity contribution >= 4 is 0 Å². The molecule has 0 atom stereocenters. The van der Waals surface area contributed by atoms with Crippen molar-refractivity contribution in [2.75, 3.05) is 0 Å². The van der Waals surface area contributed by atoms with Crippen LogP contribution in [0.4, 0.5) is 0 Å². The molecule has 1 aliphatic carbocycles. The van der Waals surface area contributed by atoms with Crippen molar-refractivity contribution < 1.29 is 0 Å². The summed E-state index contributed by atoms with van der Waals surface area (Å²) in [5.74, 6) is 3.59. The Morgan fingerprint density at radius 1 is 1.56 bits per heavy atom. The normalized spacial score (nSPS) is 19.2. The van der Waals surface area contributed by atoms with E-state index in [1.54, 1.807) is 0 Å². The number of hydrogen-bond acceptors (Lipinski definition) is 0. The molecule has 0 bridgehead atoms. The molecule has 1 radical (unpaired) electrons. The van der Waals surface area contributed by atoms with Crippen LogP contribution in [0.2, 0.25) is 0 Å². The van der Waals surface area contributed by atoms with Crippen LogP contribution >= 0.6 is 0 Å². The summed E-state index contributed by atoms with van der Waals surface area (Å²) in [5.41, 5.74) is 0.0289. The second kappa shape index (κ2) is 2.06. The zero-order chi connectivity index (χ0) is 6.91. The molecule has 9 heavy (non-hydrogen) atoms.